The minimum Gasteiger partial charge on any atom is -0.339 e. The van der Waals surface area contributed by atoms with E-state index in [0.29, 0.717) is 23.8 Å². The van der Waals surface area contributed by atoms with Crippen molar-refractivity contribution in [1.29, 1.82) is 0 Å². The lowest BCUT2D eigenvalue weighted by Crippen LogP contribution is -2.32. The quantitative estimate of drug-likeness (QED) is 0.736. The number of pyridine rings is 1. The number of fused-ring (bicyclic) bond motifs is 1. The van der Waals surface area contributed by atoms with Gasteiger partial charge in [-0.1, -0.05) is 35.5 Å². The van der Waals surface area contributed by atoms with Crippen LogP contribution in [0.15, 0.2) is 59.4 Å². The normalized spacial score (nSPS) is 15.9. The molecule has 3 aromatic rings. The summed E-state index contributed by atoms with van der Waals surface area (Å²) in [6, 6.07) is 13.4. The first-order chi connectivity index (χ1) is 12.2. The zero-order valence-corrected chi connectivity index (χ0v) is 13.7. The zero-order chi connectivity index (χ0) is 17.2. The maximum Gasteiger partial charge on any atom is 0.229 e. The van der Waals surface area contributed by atoms with Crippen LogP contribution < -0.4 is 0 Å². The maximum atomic E-state index is 12.0. The maximum absolute atomic E-state index is 12.0. The minimum atomic E-state index is -0.171. The average molecular weight is 332 g/mol. The number of rotatable bonds is 3. The third kappa shape index (κ3) is 2.94. The van der Waals surface area contributed by atoms with Crippen LogP contribution in [0, 0.1) is 0 Å². The summed E-state index contributed by atoms with van der Waals surface area (Å²) in [5, 5.41) is 4.01. The Balaban J connectivity index is 1.65. The molecular weight excluding hydrogens is 316 g/mol. The Morgan fingerprint density at radius 3 is 2.84 bits per heavy atom. The third-order valence-electron chi connectivity index (χ3n) is 4.20. The Labute approximate surface area is 144 Å². The van der Waals surface area contributed by atoms with E-state index in [9.17, 15) is 4.79 Å². The molecule has 0 aliphatic carbocycles. The van der Waals surface area contributed by atoms with Gasteiger partial charge in [-0.2, -0.15) is 4.98 Å². The van der Waals surface area contributed by atoms with Crippen molar-refractivity contribution in [2.75, 3.05) is 0 Å². The van der Waals surface area contributed by atoms with Crippen LogP contribution in [0.2, 0.25) is 0 Å². The van der Waals surface area contributed by atoms with Gasteiger partial charge in [-0.25, -0.2) is 0 Å². The highest BCUT2D eigenvalue weighted by Crippen LogP contribution is 2.33. The number of carbonyl (C=O) groups is 1. The molecule has 6 nitrogen and oxygen atoms in total. The van der Waals surface area contributed by atoms with E-state index in [2.05, 4.69) is 15.1 Å². The molecule has 124 valence electrons. The Morgan fingerprint density at radius 1 is 1.20 bits per heavy atom. The second-order valence-corrected chi connectivity index (χ2v) is 5.82. The van der Waals surface area contributed by atoms with Gasteiger partial charge in [0.25, 0.3) is 0 Å². The smallest absolute Gasteiger partial charge is 0.229 e. The molecule has 1 atom stereocenters. The molecule has 3 heterocycles. The molecule has 6 heteroatoms. The number of benzene rings is 1. The van der Waals surface area contributed by atoms with E-state index in [1.165, 1.54) is 0 Å². The van der Waals surface area contributed by atoms with E-state index >= 15 is 0 Å². The first kappa shape index (κ1) is 15.3. The predicted octanol–water partition coefficient (Wildman–Crippen LogP) is 3.25. The average Bonchev–Trinajstić information content (AvgIpc) is 3.11. The zero-order valence-electron chi connectivity index (χ0n) is 13.7. The van der Waals surface area contributed by atoms with Crippen molar-refractivity contribution < 1.29 is 9.32 Å². The van der Waals surface area contributed by atoms with Crippen molar-refractivity contribution in [3.8, 4) is 11.5 Å². The van der Waals surface area contributed by atoms with E-state index in [-0.39, 0.29) is 11.9 Å². The lowest BCUT2D eigenvalue weighted by atomic mass is 9.94. The van der Waals surface area contributed by atoms with E-state index in [4.69, 9.17) is 4.52 Å². The Morgan fingerprint density at radius 2 is 2.04 bits per heavy atom. The number of amides is 1. The monoisotopic (exact) mass is 332 g/mol. The minimum absolute atomic E-state index is 0.0276. The molecule has 1 unspecified atom stereocenters. The summed E-state index contributed by atoms with van der Waals surface area (Å²) in [5.74, 6) is 0.895. The van der Waals surface area contributed by atoms with E-state index in [0.717, 1.165) is 11.1 Å². The van der Waals surface area contributed by atoms with E-state index in [1.807, 2.05) is 54.7 Å². The fourth-order valence-corrected chi connectivity index (χ4v) is 3.02. The molecule has 1 aliphatic heterocycles. The third-order valence-corrected chi connectivity index (χ3v) is 4.20. The SMILES string of the molecule is CC(=O)N1C=Cc2ccccc2C1Cc1nc(-c2ccccn2)no1. The molecule has 1 aromatic carbocycles. The summed E-state index contributed by atoms with van der Waals surface area (Å²) in [4.78, 5) is 22.4. The van der Waals surface area contributed by atoms with Crippen LogP contribution in [0.1, 0.15) is 30.0 Å². The molecule has 0 saturated carbocycles. The molecule has 0 fully saturated rings. The van der Waals surface area contributed by atoms with Gasteiger partial charge in [0.1, 0.15) is 5.69 Å². The molecule has 0 saturated heterocycles. The van der Waals surface area contributed by atoms with Gasteiger partial charge >= 0.3 is 0 Å². The summed E-state index contributed by atoms with van der Waals surface area (Å²) in [6.07, 6.45) is 5.89. The van der Waals surface area contributed by atoms with Crippen molar-refractivity contribution in [2.24, 2.45) is 0 Å². The van der Waals surface area contributed by atoms with Gasteiger partial charge in [-0.3, -0.25) is 9.78 Å². The molecule has 25 heavy (non-hydrogen) atoms. The van der Waals surface area contributed by atoms with Crippen LogP contribution >= 0.6 is 0 Å². The standard InChI is InChI=1S/C19H16N4O2/c1-13(24)23-11-9-14-6-2-3-7-15(14)17(23)12-18-21-19(22-25-18)16-8-4-5-10-20-16/h2-11,17H,12H2,1H3. The lowest BCUT2D eigenvalue weighted by Gasteiger charge is -2.31. The summed E-state index contributed by atoms with van der Waals surface area (Å²) < 4.78 is 5.40. The summed E-state index contributed by atoms with van der Waals surface area (Å²) >= 11 is 0. The van der Waals surface area contributed by atoms with Gasteiger partial charge < -0.3 is 9.42 Å². The second kappa shape index (κ2) is 6.32. The van der Waals surface area contributed by atoms with Gasteiger partial charge in [-0.15, -0.1) is 0 Å². The first-order valence-electron chi connectivity index (χ1n) is 8.02. The van der Waals surface area contributed by atoms with Crippen molar-refractivity contribution >= 4 is 12.0 Å². The highest BCUT2D eigenvalue weighted by Gasteiger charge is 2.28. The highest BCUT2D eigenvalue weighted by atomic mass is 16.5. The molecule has 0 radical (unpaired) electrons. The lowest BCUT2D eigenvalue weighted by molar-refractivity contribution is -0.128. The van der Waals surface area contributed by atoms with Crippen LogP contribution in [0.4, 0.5) is 0 Å². The molecular formula is C19H16N4O2. The van der Waals surface area contributed by atoms with Crippen LogP contribution in [-0.4, -0.2) is 25.9 Å². The van der Waals surface area contributed by atoms with Gasteiger partial charge in [-0.05, 0) is 29.3 Å². The van der Waals surface area contributed by atoms with Crippen LogP contribution in [0.5, 0.6) is 0 Å². The largest absolute Gasteiger partial charge is 0.339 e. The van der Waals surface area contributed by atoms with E-state index < -0.39 is 0 Å². The molecule has 1 amide bonds. The van der Waals surface area contributed by atoms with Crippen molar-refractivity contribution in [3.05, 3.63) is 71.9 Å². The van der Waals surface area contributed by atoms with Gasteiger partial charge in [0.2, 0.25) is 17.6 Å². The van der Waals surface area contributed by atoms with Crippen LogP contribution in [-0.2, 0) is 11.2 Å². The fraction of sp³-hybridized carbons (Fsp3) is 0.158. The summed E-state index contributed by atoms with van der Waals surface area (Å²) in [7, 11) is 0. The number of carbonyl (C=O) groups excluding carboxylic acids is 1. The number of hydrogen-bond acceptors (Lipinski definition) is 5. The molecule has 4 rings (SSSR count). The summed E-state index contributed by atoms with van der Waals surface area (Å²) in [5.41, 5.74) is 2.82. The first-order valence-corrected chi connectivity index (χ1v) is 8.02. The van der Waals surface area contributed by atoms with Crippen LogP contribution in [0.3, 0.4) is 0 Å². The van der Waals surface area contributed by atoms with Crippen molar-refractivity contribution in [1.82, 2.24) is 20.0 Å². The fourth-order valence-electron chi connectivity index (χ4n) is 3.02. The van der Waals surface area contributed by atoms with Crippen LogP contribution in [0.25, 0.3) is 17.6 Å². The summed E-state index contributed by atoms with van der Waals surface area (Å²) in [6.45, 7) is 1.55. The molecule has 0 bridgehead atoms. The van der Waals surface area contributed by atoms with Crippen molar-refractivity contribution in [3.63, 3.8) is 0 Å². The van der Waals surface area contributed by atoms with Gasteiger partial charge in [0.05, 0.1) is 12.5 Å². The Bertz CT molecular complexity index is 933. The molecule has 0 N–H and O–H groups in total. The molecule has 0 spiro atoms. The number of nitrogens with zero attached hydrogens (tertiary/aromatic N) is 4. The van der Waals surface area contributed by atoms with Crippen molar-refractivity contribution in [2.45, 2.75) is 19.4 Å². The highest BCUT2D eigenvalue weighted by molar-refractivity contribution is 5.77. The second-order valence-electron chi connectivity index (χ2n) is 5.82. The van der Waals surface area contributed by atoms with Gasteiger partial charge in [0.15, 0.2) is 0 Å². The Hall–Kier alpha value is -3.28. The molecule has 1 aliphatic rings. The number of aromatic nitrogens is 3. The Kier molecular flexibility index (Phi) is 3.85. The molecule has 2 aromatic heterocycles. The number of hydrogen-bond donors (Lipinski definition) is 0. The topological polar surface area (TPSA) is 72.1 Å². The van der Waals surface area contributed by atoms with Gasteiger partial charge in [0, 0.05) is 19.3 Å². The van der Waals surface area contributed by atoms with E-state index in [1.54, 1.807) is 18.0 Å². The predicted molar refractivity (Wildman–Crippen MR) is 92.0 cm³/mol.